The smallest absolute Gasteiger partial charge is 0.241 e. The first-order chi connectivity index (χ1) is 10.1. The van der Waals surface area contributed by atoms with Crippen molar-refractivity contribution in [2.24, 2.45) is 5.73 Å². The lowest BCUT2D eigenvalue weighted by Crippen LogP contribution is -2.37. The second-order valence-corrected chi connectivity index (χ2v) is 4.69. The fourth-order valence-electron chi connectivity index (χ4n) is 1.89. The number of ether oxygens (including phenoxy) is 1. The van der Waals surface area contributed by atoms with Gasteiger partial charge in [0.25, 0.3) is 0 Å². The summed E-state index contributed by atoms with van der Waals surface area (Å²) in [4.78, 5) is 12.0. The summed E-state index contributed by atoms with van der Waals surface area (Å²) in [5.74, 6) is 0.657. The Kier molecular flexibility index (Phi) is 6.69. The lowest BCUT2D eigenvalue weighted by molar-refractivity contribution is -0.117. The van der Waals surface area contributed by atoms with Crippen molar-refractivity contribution in [2.45, 2.75) is 12.5 Å². The first-order valence-corrected chi connectivity index (χ1v) is 6.57. The summed E-state index contributed by atoms with van der Waals surface area (Å²) >= 11 is 0. The molecular weight excluding hydrogens is 304 g/mol. The lowest BCUT2D eigenvalue weighted by atomic mass is 10.1. The molecule has 0 aromatic heterocycles. The first-order valence-electron chi connectivity index (χ1n) is 6.57. The number of rotatable bonds is 5. The molecule has 0 aliphatic carbocycles. The maximum absolute atomic E-state index is 12.0. The molecule has 0 aliphatic heterocycles. The van der Waals surface area contributed by atoms with Crippen LogP contribution in [0.25, 0.3) is 0 Å². The lowest BCUT2D eigenvalue weighted by Gasteiger charge is -2.12. The van der Waals surface area contributed by atoms with Crippen LogP contribution in [-0.2, 0) is 11.2 Å². The van der Waals surface area contributed by atoms with Gasteiger partial charge in [0.1, 0.15) is 11.5 Å². The summed E-state index contributed by atoms with van der Waals surface area (Å²) < 4.78 is 5.05. The number of phenols is 1. The molecule has 2 aromatic rings. The Bertz CT molecular complexity index is 600. The number of nitrogens with one attached hydrogen (secondary N) is 1. The number of hydrogen-bond donors (Lipinski definition) is 3. The van der Waals surface area contributed by atoms with Crippen molar-refractivity contribution in [1.29, 1.82) is 0 Å². The standard InChI is InChI=1S/C16H18N2O3.ClH/c1-21-14-8-4-12(5-9-14)18-16(20)15(17)10-11-2-6-13(19)7-3-11;/h2-9,15,19H,10,17H2,1H3,(H,18,20);1H/t15-;/m0./s1. The normalized spacial score (nSPS) is 11.2. The molecule has 1 atom stereocenters. The van der Waals surface area contributed by atoms with Crippen molar-refractivity contribution in [3.05, 3.63) is 54.1 Å². The minimum Gasteiger partial charge on any atom is -0.508 e. The number of halogens is 1. The van der Waals surface area contributed by atoms with Gasteiger partial charge in [0.2, 0.25) is 5.91 Å². The minimum absolute atomic E-state index is 0. The molecule has 118 valence electrons. The van der Waals surface area contributed by atoms with Crippen molar-refractivity contribution in [1.82, 2.24) is 0 Å². The molecular formula is C16H19ClN2O3. The van der Waals surface area contributed by atoms with E-state index in [1.54, 1.807) is 55.6 Å². The zero-order chi connectivity index (χ0) is 15.2. The van der Waals surface area contributed by atoms with Crippen molar-refractivity contribution >= 4 is 24.0 Å². The molecule has 1 amide bonds. The van der Waals surface area contributed by atoms with Gasteiger partial charge in [-0.05, 0) is 48.4 Å². The zero-order valence-corrected chi connectivity index (χ0v) is 13.0. The number of phenolic OH excluding ortho intramolecular Hbond substituents is 1. The van der Waals surface area contributed by atoms with E-state index in [9.17, 15) is 9.90 Å². The summed E-state index contributed by atoms with van der Waals surface area (Å²) in [6.07, 6.45) is 0.405. The Balaban J connectivity index is 0.00000242. The van der Waals surface area contributed by atoms with Crippen LogP contribution in [-0.4, -0.2) is 24.2 Å². The second kappa shape index (κ2) is 8.26. The summed E-state index contributed by atoms with van der Waals surface area (Å²) in [5, 5.41) is 12.0. The molecule has 0 bridgehead atoms. The maximum Gasteiger partial charge on any atom is 0.241 e. The number of amides is 1. The van der Waals surface area contributed by atoms with Gasteiger partial charge in [0.15, 0.2) is 0 Å². The maximum atomic E-state index is 12.0. The van der Waals surface area contributed by atoms with Gasteiger partial charge < -0.3 is 20.9 Å². The van der Waals surface area contributed by atoms with Crippen molar-refractivity contribution < 1.29 is 14.6 Å². The van der Waals surface area contributed by atoms with E-state index in [4.69, 9.17) is 10.5 Å². The van der Waals surface area contributed by atoms with E-state index in [-0.39, 0.29) is 24.1 Å². The molecule has 4 N–H and O–H groups in total. The van der Waals surface area contributed by atoms with Crippen LogP contribution < -0.4 is 15.8 Å². The van der Waals surface area contributed by atoms with Gasteiger partial charge in [-0.2, -0.15) is 0 Å². The number of carbonyl (C=O) groups is 1. The van der Waals surface area contributed by atoms with Gasteiger partial charge in [-0.25, -0.2) is 0 Å². The number of hydrogen-bond acceptors (Lipinski definition) is 4. The van der Waals surface area contributed by atoms with E-state index in [0.717, 1.165) is 11.3 Å². The highest BCUT2D eigenvalue weighted by Crippen LogP contribution is 2.16. The number of carbonyl (C=O) groups excluding carboxylic acids is 1. The third-order valence-electron chi connectivity index (χ3n) is 3.09. The number of aromatic hydroxyl groups is 1. The fourth-order valence-corrected chi connectivity index (χ4v) is 1.89. The molecule has 6 heteroatoms. The van der Waals surface area contributed by atoms with E-state index < -0.39 is 6.04 Å². The van der Waals surface area contributed by atoms with Gasteiger partial charge in [0.05, 0.1) is 13.2 Å². The average molecular weight is 323 g/mol. The summed E-state index contributed by atoms with van der Waals surface area (Å²) in [5.41, 5.74) is 7.45. The molecule has 2 aromatic carbocycles. The number of anilines is 1. The van der Waals surface area contributed by atoms with Crippen molar-refractivity contribution in [2.75, 3.05) is 12.4 Å². The Morgan fingerprint density at radius 3 is 2.32 bits per heavy atom. The third kappa shape index (κ3) is 4.95. The van der Waals surface area contributed by atoms with Crippen molar-refractivity contribution in [3.63, 3.8) is 0 Å². The van der Waals surface area contributed by atoms with Crippen LogP contribution >= 0.6 is 12.4 Å². The van der Waals surface area contributed by atoms with Crippen LogP contribution in [0.4, 0.5) is 5.69 Å². The highest BCUT2D eigenvalue weighted by Gasteiger charge is 2.14. The monoisotopic (exact) mass is 322 g/mol. The molecule has 0 saturated heterocycles. The molecule has 0 fully saturated rings. The molecule has 0 saturated carbocycles. The number of benzene rings is 2. The van der Waals surface area contributed by atoms with Gasteiger partial charge in [-0.1, -0.05) is 12.1 Å². The molecule has 5 nitrogen and oxygen atoms in total. The molecule has 0 radical (unpaired) electrons. The van der Waals surface area contributed by atoms with E-state index >= 15 is 0 Å². The Hall–Kier alpha value is -2.24. The third-order valence-corrected chi connectivity index (χ3v) is 3.09. The minimum atomic E-state index is -0.656. The van der Waals surface area contributed by atoms with E-state index in [0.29, 0.717) is 12.1 Å². The molecule has 0 unspecified atom stereocenters. The second-order valence-electron chi connectivity index (χ2n) is 4.69. The van der Waals surface area contributed by atoms with Gasteiger partial charge in [-0.3, -0.25) is 4.79 Å². The molecule has 0 spiro atoms. The van der Waals surface area contributed by atoms with E-state index in [2.05, 4.69) is 5.32 Å². The highest BCUT2D eigenvalue weighted by molar-refractivity contribution is 5.94. The van der Waals surface area contributed by atoms with E-state index in [1.165, 1.54) is 0 Å². The van der Waals surface area contributed by atoms with Crippen LogP contribution in [0.1, 0.15) is 5.56 Å². The number of methoxy groups -OCH3 is 1. The number of nitrogens with two attached hydrogens (primary N) is 1. The summed E-state index contributed by atoms with van der Waals surface area (Å²) in [6, 6.07) is 13.0. The Morgan fingerprint density at radius 2 is 1.77 bits per heavy atom. The SMILES string of the molecule is COc1ccc(NC(=O)[C@@H](N)Cc2ccc(O)cc2)cc1.Cl. The Morgan fingerprint density at radius 1 is 1.18 bits per heavy atom. The first kappa shape index (κ1) is 17.8. The van der Waals surface area contributed by atoms with Crippen molar-refractivity contribution in [3.8, 4) is 11.5 Å². The van der Waals surface area contributed by atoms with Gasteiger partial charge in [0, 0.05) is 5.69 Å². The molecule has 22 heavy (non-hydrogen) atoms. The van der Waals surface area contributed by atoms with Crippen LogP contribution in [0.15, 0.2) is 48.5 Å². The van der Waals surface area contributed by atoms with Gasteiger partial charge >= 0.3 is 0 Å². The van der Waals surface area contributed by atoms with Crippen LogP contribution in [0.3, 0.4) is 0 Å². The Labute approximate surface area is 135 Å². The van der Waals surface area contributed by atoms with Gasteiger partial charge in [-0.15, -0.1) is 12.4 Å². The molecule has 0 aliphatic rings. The molecule has 2 rings (SSSR count). The van der Waals surface area contributed by atoms with Crippen LogP contribution in [0.5, 0.6) is 11.5 Å². The quantitative estimate of drug-likeness (QED) is 0.788. The van der Waals surface area contributed by atoms with E-state index in [1.807, 2.05) is 0 Å². The fraction of sp³-hybridized carbons (Fsp3) is 0.188. The topological polar surface area (TPSA) is 84.6 Å². The average Bonchev–Trinajstić information content (AvgIpc) is 2.50. The largest absolute Gasteiger partial charge is 0.508 e. The summed E-state index contributed by atoms with van der Waals surface area (Å²) in [7, 11) is 1.58. The van der Waals surface area contributed by atoms with Crippen LogP contribution in [0, 0.1) is 0 Å². The molecule has 0 heterocycles. The van der Waals surface area contributed by atoms with Crippen LogP contribution in [0.2, 0.25) is 0 Å². The summed E-state index contributed by atoms with van der Waals surface area (Å²) in [6.45, 7) is 0. The predicted octanol–water partition coefficient (Wildman–Crippen LogP) is 2.33. The zero-order valence-electron chi connectivity index (χ0n) is 12.2. The predicted molar refractivity (Wildman–Crippen MR) is 88.7 cm³/mol. The highest BCUT2D eigenvalue weighted by atomic mass is 35.5.